The second-order valence-corrected chi connectivity index (χ2v) is 3.69. The number of rotatable bonds is 2. The molecule has 0 aromatic carbocycles. The van der Waals surface area contributed by atoms with Crippen LogP contribution in [0.15, 0.2) is 23.8 Å². The fraction of sp³-hybridized carbons (Fsp3) is 0.125. The number of thiophene rings is 1. The molecule has 0 bridgehead atoms. The zero-order valence-corrected chi connectivity index (χ0v) is 8.19. The van der Waals surface area contributed by atoms with Gasteiger partial charge in [-0.2, -0.15) is 5.10 Å². The Bertz CT molecular complexity index is 474. The van der Waals surface area contributed by atoms with Crippen LogP contribution in [0, 0.1) is 10.1 Å². The van der Waals surface area contributed by atoms with Crippen LogP contribution in [-0.2, 0) is 7.05 Å². The van der Waals surface area contributed by atoms with Crippen molar-refractivity contribution in [3.05, 3.63) is 34.0 Å². The molecule has 0 unspecified atom stereocenters. The number of aryl methyl sites for hydroxylation is 1. The Hall–Kier alpha value is -1.69. The molecule has 14 heavy (non-hydrogen) atoms. The summed E-state index contributed by atoms with van der Waals surface area (Å²) in [6.07, 6.45) is 3.38. The average molecular weight is 209 g/mol. The van der Waals surface area contributed by atoms with Gasteiger partial charge in [-0.1, -0.05) is 11.3 Å². The number of nitro groups is 1. The summed E-state index contributed by atoms with van der Waals surface area (Å²) < 4.78 is 1.62. The summed E-state index contributed by atoms with van der Waals surface area (Å²) in [6, 6.07) is 1.74. The Morgan fingerprint density at radius 2 is 2.43 bits per heavy atom. The highest BCUT2D eigenvalue weighted by atomic mass is 32.1. The summed E-state index contributed by atoms with van der Waals surface area (Å²) in [4.78, 5) is 10.3. The second-order valence-electron chi connectivity index (χ2n) is 2.80. The van der Waals surface area contributed by atoms with Crippen LogP contribution in [0.4, 0.5) is 5.00 Å². The van der Waals surface area contributed by atoms with Crippen molar-refractivity contribution in [3.63, 3.8) is 0 Å². The van der Waals surface area contributed by atoms with Crippen LogP contribution in [0.1, 0.15) is 0 Å². The van der Waals surface area contributed by atoms with Gasteiger partial charge in [0.25, 0.3) is 0 Å². The molecule has 2 aromatic heterocycles. The van der Waals surface area contributed by atoms with E-state index in [-0.39, 0.29) is 9.92 Å². The maximum atomic E-state index is 10.7. The van der Waals surface area contributed by atoms with Crippen molar-refractivity contribution in [3.8, 4) is 11.1 Å². The molecule has 0 radical (unpaired) electrons. The van der Waals surface area contributed by atoms with Crippen molar-refractivity contribution in [2.24, 2.45) is 7.05 Å². The summed E-state index contributed by atoms with van der Waals surface area (Å²) in [5, 5.41) is 16.5. The van der Waals surface area contributed by atoms with E-state index in [0.29, 0.717) is 5.56 Å². The van der Waals surface area contributed by atoms with Crippen LogP contribution >= 0.6 is 11.3 Å². The number of hydrogen-bond acceptors (Lipinski definition) is 4. The normalized spacial score (nSPS) is 10.4. The van der Waals surface area contributed by atoms with Crippen LogP contribution < -0.4 is 0 Å². The molecule has 72 valence electrons. The van der Waals surface area contributed by atoms with Crippen LogP contribution in [0.3, 0.4) is 0 Å². The molecule has 0 atom stereocenters. The molecule has 0 fully saturated rings. The van der Waals surface area contributed by atoms with E-state index in [2.05, 4.69) is 5.10 Å². The van der Waals surface area contributed by atoms with E-state index in [0.717, 1.165) is 16.9 Å². The van der Waals surface area contributed by atoms with E-state index in [1.807, 2.05) is 0 Å². The van der Waals surface area contributed by atoms with Crippen molar-refractivity contribution < 1.29 is 4.92 Å². The predicted octanol–water partition coefficient (Wildman–Crippen LogP) is 2.06. The lowest BCUT2D eigenvalue weighted by molar-refractivity contribution is -0.379. The van der Waals surface area contributed by atoms with Gasteiger partial charge in [-0.05, 0) is 11.4 Å². The van der Waals surface area contributed by atoms with Crippen LogP contribution in [0.25, 0.3) is 11.1 Å². The third-order valence-corrected chi connectivity index (χ3v) is 2.69. The highest BCUT2D eigenvalue weighted by Crippen LogP contribution is 2.34. The standard InChI is InChI=1S/C8H7N3O2S/c1-10-5-6(4-9-10)7-2-3-14-8(7)11(12)13/h2-5H,1H3. The second kappa shape index (κ2) is 3.22. The molecule has 0 spiro atoms. The first-order chi connectivity index (χ1) is 6.68. The van der Waals surface area contributed by atoms with E-state index in [9.17, 15) is 10.1 Å². The van der Waals surface area contributed by atoms with Crippen LogP contribution in [0.5, 0.6) is 0 Å². The first-order valence-electron chi connectivity index (χ1n) is 3.89. The molecular formula is C8H7N3O2S. The molecule has 0 saturated carbocycles. The minimum atomic E-state index is -0.368. The Kier molecular flexibility index (Phi) is 2.05. The number of hydrogen-bond donors (Lipinski definition) is 0. The summed E-state index contributed by atoms with van der Waals surface area (Å²) in [5.74, 6) is 0. The third kappa shape index (κ3) is 1.39. The minimum absolute atomic E-state index is 0.165. The fourth-order valence-electron chi connectivity index (χ4n) is 1.22. The first kappa shape index (κ1) is 8.89. The molecule has 2 heterocycles. The van der Waals surface area contributed by atoms with Crippen molar-refractivity contribution >= 4 is 16.3 Å². The molecule has 0 aliphatic rings. The van der Waals surface area contributed by atoms with Crippen LogP contribution in [-0.4, -0.2) is 14.7 Å². The zero-order chi connectivity index (χ0) is 10.1. The third-order valence-electron chi connectivity index (χ3n) is 1.83. The largest absolute Gasteiger partial charge is 0.331 e. The molecule has 2 rings (SSSR count). The molecule has 6 heteroatoms. The van der Waals surface area contributed by atoms with Gasteiger partial charge >= 0.3 is 5.00 Å². The van der Waals surface area contributed by atoms with Crippen molar-refractivity contribution in [2.45, 2.75) is 0 Å². The summed E-state index contributed by atoms with van der Waals surface area (Å²) >= 11 is 1.13. The fourth-order valence-corrected chi connectivity index (χ4v) is 1.95. The van der Waals surface area contributed by atoms with Gasteiger partial charge in [0.15, 0.2) is 0 Å². The highest BCUT2D eigenvalue weighted by Gasteiger charge is 2.17. The SMILES string of the molecule is Cn1cc(-c2ccsc2[N+](=O)[O-])cn1. The van der Waals surface area contributed by atoms with Gasteiger partial charge < -0.3 is 0 Å². The van der Waals surface area contributed by atoms with Crippen molar-refractivity contribution in [1.82, 2.24) is 9.78 Å². The Labute approximate surface area is 83.8 Å². The lowest BCUT2D eigenvalue weighted by Crippen LogP contribution is -1.86. The first-order valence-corrected chi connectivity index (χ1v) is 4.77. The zero-order valence-electron chi connectivity index (χ0n) is 7.38. The van der Waals surface area contributed by atoms with E-state index in [1.165, 1.54) is 0 Å². The van der Waals surface area contributed by atoms with Gasteiger partial charge in [-0.3, -0.25) is 14.8 Å². The molecule has 0 amide bonds. The average Bonchev–Trinajstić information content (AvgIpc) is 2.70. The van der Waals surface area contributed by atoms with Crippen LogP contribution in [0.2, 0.25) is 0 Å². The molecular weight excluding hydrogens is 202 g/mol. The minimum Gasteiger partial charge on any atom is -0.275 e. The van der Waals surface area contributed by atoms with Crippen molar-refractivity contribution in [1.29, 1.82) is 0 Å². The Morgan fingerprint density at radius 1 is 1.64 bits per heavy atom. The van der Waals surface area contributed by atoms with E-state index in [4.69, 9.17) is 0 Å². The van der Waals surface area contributed by atoms with E-state index < -0.39 is 0 Å². The maximum absolute atomic E-state index is 10.7. The molecule has 5 nitrogen and oxygen atoms in total. The lowest BCUT2D eigenvalue weighted by atomic mass is 10.2. The Morgan fingerprint density at radius 3 is 3.00 bits per heavy atom. The van der Waals surface area contributed by atoms with Gasteiger partial charge in [-0.25, -0.2) is 0 Å². The van der Waals surface area contributed by atoms with Gasteiger partial charge in [0.1, 0.15) is 0 Å². The monoisotopic (exact) mass is 209 g/mol. The van der Waals surface area contributed by atoms with Gasteiger partial charge in [-0.15, -0.1) is 0 Å². The summed E-state index contributed by atoms with van der Waals surface area (Å²) in [6.45, 7) is 0. The van der Waals surface area contributed by atoms with Gasteiger partial charge in [0.2, 0.25) is 0 Å². The number of nitrogens with zero attached hydrogens (tertiary/aromatic N) is 3. The van der Waals surface area contributed by atoms with E-state index >= 15 is 0 Å². The molecule has 0 aliphatic heterocycles. The predicted molar refractivity (Wildman–Crippen MR) is 53.2 cm³/mol. The summed E-state index contributed by atoms with van der Waals surface area (Å²) in [7, 11) is 1.78. The quantitative estimate of drug-likeness (QED) is 0.561. The molecule has 0 N–H and O–H groups in total. The smallest absolute Gasteiger partial charge is 0.275 e. The van der Waals surface area contributed by atoms with Gasteiger partial charge in [0.05, 0.1) is 16.7 Å². The van der Waals surface area contributed by atoms with E-state index in [1.54, 1.807) is 35.6 Å². The molecule has 0 saturated heterocycles. The van der Waals surface area contributed by atoms with Gasteiger partial charge in [0, 0.05) is 18.8 Å². The molecule has 2 aromatic rings. The maximum Gasteiger partial charge on any atom is 0.331 e. The summed E-state index contributed by atoms with van der Waals surface area (Å²) in [5.41, 5.74) is 1.41. The highest BCUT2D eigenvalue weighted by molar-refractivity contribution is 7.13. The number of aromatic nitrogens is 2. The topological polar surface area (TPSA) is 61.0 Å². The Balaban J connectivity index is 2.51. The molecule has 0 aliphatic carbocycles. The lowest BCUT2D eigenvalue weighted by Gasteiger charge is -1.90. The van der Waals surface area contributed by atoms with Crippen molar-refractivity contribution in [2.75, 3.05) is 0 Å².